The van der Waals surface area contributed by atoms with Crippen LogP contribution in [0.15, 0.2) is 36.4 Å². The Morgan fingerprint density at radius 2 is 1.89 bits per heavy atom. The number of nitrogens with one attached hydrogen (secondary N) is 1. The first-order chi connectivity index (χ1) is 8.56. The Morgan fingerprint density at radius 1 is 1.11 bits per heavy atom. The van der Waals surface area contributed by atoms with E-state index < -0.39 is 5.82 Å². The molecule has 0 saturated heterocycles. The Bertz CT molecular complexity index is 523. The van der Waals surface area contributed by atoms with Crippen LogP contribution in [-0.4, -0.2) is 5.11 Å². The first-order valence-corrected chi connectivity index (χ1v) is 5.98. The highest BCUT2D eigenvalue weighted by Crippen LogP contribution is 2.27. The van der Waals surface area contributed by atoms with Gasteiger partial charge in [0.25, 0.3) is 0 Å². The molecule has 0 bridgehead atoms. The maximum Gasteiger partial charge on any atom is 0.123 e. The minimum Gasteiger partial charge on any atom is -0.508 e. The van der Waals surface area contributed by atoms with Crippen molar-refractivity contribution in [2.75, 3.05) is 5.32 Å². The molecule has 0 fully saturated rings. The van der Waals surface area contributed by atoms with Gasteiger partial charge >= 0.3 is 0 Å². The minimum atomic E-state index is -0.401. The molecule has 0 aliphatic heterocycles. The Hall–Kier alpha value is -1.45. The predicted octanol–water partition coefficient (Wildman–Crippen LogP) is 4.45. The highest BCUT2D eigenvalue weighted by Gasteiger charge is 2.05. The van der Waals surface area contributed by atoms with E-state index in [0.717, 1.165) is 0 Å². The van der Waals surface area contributed by atoms with Crippen LogP contribution in [0.1, 0.15) is 5.56 Å². The maximum atomic E-state index is 13.0. The van der Waals surface area contributed by atoms with Gasteiger partial charge in [0.15, 0.2) is 0 Å². The second-order valence-corrected chi connectivity index (χ2v) is 4.59. The number of rotatable bonds is 3. The molecule has 94 valence electrons. The summed E-state index contributed by atoms with van der Waals surface area (Å²) in [7, 11) is 0. The summed E-state index contributed by atoms with van der Waals surface area (Å²) in [6.45, 7) is 0.254. The number of aromatic hydroxyl groups is 1. The first-order valence-electron chi connectivity index (χ1n) is 5.22. The maximum absolute atomic E-state index is 13.0. The van der Waals surface area contributed by atoms with Crippen LogP contribution in [0.25, 0.3) is 0 Å². The van der Waals surface area contributed by atoms with Gasteiger partial charge in [-0.05, 0) is 36.4 Å². The molecule has 2 aromatic rings. The van der Waals surface area contributed by atoms with Crippen molar-refractivity contribution in [2.24, 2.45) is 0 Å². The van der Waals surface area contributed by atoms with Gasteiger partial charge in [-0.15, -0.1) is 0 Å². The molecule has 5 heteroatoms. The third-order valence-electron chi connectivity index (χ3n) is 2.44. The Balaban J connectivity index is 2.16. The molecule has 0 heterocycles. The van der Waals surface area contributed by atoms with E-state index in [2.05, 4.69) is 5.32 Å². The molecule has 0 atom stereocenters. The summed E-state index contributed by atoms with van der Waals surface area (Å²) in [4.78, 5) is 0. The summed E-state index contributed by atoms with van der Waals surface area (Å²) in [5.74, 6) is -0.371. The van der Waals surface area contributed by atoms with Gasteiger partial charge in [-0.1, -0.05) is 23.2 Å². The second-order valence-electron chi connectivity index (χ2n) is 3.75. The van der Waals surface area contributed by atoms with Gasteiger partial charge in [-0.25, -0.2) is 4.39 Å². The molecule has 0 aliphatic rings. The average Bonchev–Trinajstić information content (AvgIpc) is 2.34. The molecule has 18 heavy (non-hydrogen) atoms. The summed E-state index contributed by atoms with van der Waals surface area (Å²) in [5, 5.41) is 13.6. The average molecular weight is 286 g/mol. The van der Waals surface area contributed by atoms with Crippen LogP contribution in [0.3, 0.4) is 0 Å². The monoisotopic (exact) mass is 285 g/mol. The molecule has 2 aromatic carbocycles. The van der Waals surface area contributed by atoms with Crippen molar-refractivity contribution in [1.82, 2.24) is 0 Å². The van der Waals surface area contributed by atoms with Gasteiger partial charge in [-0.2, -0.15) is 0 Å². The minimum absolute atomic E-state index is 0.0297. The zero-order valence-electron chi connectivity index (χ0n) is 9.25. The van der Waals surface area contributed by atoms with Crippen LogP contribution >= 0.6 is 23.2 Å². The van der Waals surface area contributed by atoms with Gasteiger partial charge < -0.3 is 10.4 Å². The molecule has 2 N–H and O–H groups in total. The van der Waals surface area contributed by atoms with Crippen molar-refractivity contribution in [2.45, 2.75) is 6.54 Å². The quantitative estimate of drug-likeness (QED) is 0.873. The molecule has 0 amide bonds. The number of benzene rings is 2. The van der Waals surface area contributed by atoms with E-state index in [4.69, 9.17) is 23.2 Å². The summed E-state index contributed by atoms with van der Waals surface area (Å²) < 4.78 is 13.0. The third kappa shape index (κ3) is 3.06. The molecule has 0 aromatic heterocycles. The summed E-state index contributed by atoms with van der Waals surface area (Å²) in [6.07, 6.45) is 0. The van der Waals surface area contributed by atoms with Crippen molar-refractivity contribution >= 4 is 28.9 Å². The van der Waals surface area contributed by atoms with E-state index in [1.54, 1.807) is 18.2 Å². The lowest BCUT2D eigenvalue weighted by atomic mass is 10.2. The molecular formula is C13H10Cl2FNO. The van der Waals surface area contributed by atoms with Crippen LogP contribution in [-0.2, 0) is 6.54 Å². The highest BCUT2D eigenvalue weighted by atomic mass is 35.5. The number of phenolic OH excluding ortho intramolecular Hbond substituents is 1. The first kappa shape index (κ1) is 13.0. The lowest BCUT2D eigenvalue weighted by molar-refractivity contribution is 0.466. The zero-order valence-corrected chi connectivity index (χ0v) is 10.8. The van der Waals surface area contributed by atoms with Crippen molar-refractivity contribution in [3.8, 4) is 5.75 Å². The third-order valence-corrected chi connectivity index (χ3v) is 3.00. The van der Waals surface area contributed by atoms with Gasteiger partial charge in [0.05, 0.1) is 10.7 Å². The number of phenols is 1. The summed E-state index contributed by atoms with van der Waals surface area (Å²) in [6, 6.07) is 8.78. The van der Waals surface area contributed by atoms with Gasteiger partial charge in [0.1, 0.15) is 11.6 Å². The number of hydrogen-bond donors (Lipinski definition) is 2. The van der Waals surface area contributed by atoms with Crippen LogP contribution in [0.2, 0.25) is 10.0 Å². The van der Waals surface area contributed by atoms with Crippen LogP contribution in [0.5, 0.6) is 5.75 Å². The fourth-order valence-corrected chi connectivity index (χ4v) is 1.88. The zero-order chi connectivity index (χ0) is 13.1. The van der Waals surface area contributed by atoms with E-state index in [0.29, 0.717) is 21.3 Å². The highest BCUT2D eigenvalue weighted by molar-refractivity contribution is 6.35. The van der Waals surface area contributed by atoms with Crippen molar-refractivity contribution in [3.63, 3.8) is 0 Å². The van der Waals surface area contributed by atoms with E-state index in [-0.39, 0.29) is 12.3 Å². The van der Waals surface area contributed by atoms with Crippen molar-refractivity contribution < 1.29 is 9.50 Å². The molecule has 0 saturated carbocycles. The van der Waals surface area contributed by atoms with Gasteiger partial charge in [-0.3, -0.25) is 0 Å². The van der Waals surface area contributed by atoms with E-state index >= 15 is 0 Å². The smallest absolute Gasteiger partial charge is 0.123 e. The van der Waals surface area contributed by atoms with E-state index in [9.17, 15) is 9.50 Å². The Kier molecular flexibility index (Phi) is 3.94. The molecule has 0 spiro atoms. The molecule has 0 radical (unpaired) electrons. The number of halogens is 3. The number of hydrogen-bond acceptors (Lipinski definition) is 2. The summed E-state index contributed by atoms with van der Waals surface area (Å²) >= 11 is 11.8. The van der Waals surface area contributed by atoms with Gasteiger partial charge in [0, 0.05) is 17.1 Å². The molecule has 2 nitrogen and oxygen atoms in total. The Morgan fingerprint density at radius 3 is 2.67 bits per heavy atom. The van der Waals surface area contributed by atoms with Gasteiger partial charge in [0.2, 0.25) is 0 Å². The molecule has 2 rings (SSSR count). The number of anilines is 1. The lowest BCUT2D eigenvalue weighted by Crippen LogP contribution is -2.00. The fraction of sp³-hybridized carbons (Fsp3) is 0.0769. The predicted molar refractivity (Wildman–Crippen MR) is 71.9 cm³/mol. The lowest BCUT2D eigenvalue weighted by Gasteiger charge is -2.10. The normalized spacial score (nSPS) is 10.4. The SMILES string of the molecule is Oc1ccc(F)cc1CNc1cc(Cl)ccc1Cl. The van der Waals surface area contributed by atoms with Crippen LogP contribution in [0.4, 0.5) is 10.1 Å². The largest absolute Gasteiger partial charge is 0.508 e. The van der Waals surface area contributed by atoms with E-state index in [1.807, 2.05) is 0 Å². The fourth-order valence-electron chi connectivity index (χ4n) is 1.52. The Labute approximate surface area is 114 Å². The standard InChI is InChI=1S/C13H10Cl2FNO/c14-9-1-3-11(15)12(6-9)17-7-8-5-10(16)2-4-13(8)18/h1-6,17-18H,7H2. The van der Waals surface area contributed by atoms with E-state index in [1.165, 1.54) is 18.2 Å². The van der Waals surface area contributed by atoms with Crippen LogP contribution < -0.4 is 5.32 Å². The molecule has 0 aliphatic carbocycles. The molecular weight excluding hydrogens is 276 g/mol. The second kappa shape index (κ2) is 5.46. The summed E-state index contributed by atoms with van der Waals surface area (Å²) in [5.41, 5.74) is 1.08. The molecule has 0 unspecified atom stereocenters. The topological polar surface area (TPSA) is 32.3 Å². The van der Waals surface area contributed by atoms with Crippen molar-refractivity contribution in [1.29, 1.82) is 0 Å². The van der Waals surface area contributed by atoms with Crippen molar-refractivity contribution in [3.05, 3.63) is 57.8 Å². The van der Waals surface area contributed by atoms with Crippen LogP contribution in [0, 0.1) is 5.82 Å².